The fraction of sp³-hybridized carbons (Fsp3) is 0.294. The van der Waals surface area contributed by atoms with E-state index in [1.54, 1.807) is 30.5 Å². The van der Waals surface area contributed by atoms with Crippen LogP contribution in [0.4, 0.5) is 5.69 Å². The number of aromatic nitrogens is 1. The predicted molar refractivity (Wildman–Crippen MR) is 92.8 cm³/mol. The third-order valence-electron chi connectivity index (χ3n) is 3.33. The van der Waals surface area contributed by atoms with E-state index in [4.69, 9.17) is 23.2 Å². The fourth-order valence-electron chi connectivity index (χ4n) is 1.94. The van der Waals surface area contributed by atoms with Crippen molar-refractivity contribution in [3.05, 3.63) is 57.8 Å². The van der Waals surface area contributed by atoms with E-state index in [-0.39, 0.29) is 5.91 Å². The highest BCUT2D eigenvalue weighted by molar-refractivity contribution is 6.35. The summed E-state index contributed by atoms with van der Waals surface area (Å²) in [6.07, 6.45) is 2.04. The molecule has 0 aliphatic heterocycles. The number of aliphatic hydroxyl groups excluding tert-OH is 1. The summed E-state index contributed by atoms with van der Waals surface area (Å²) in [6, 6.07) is 6.50. The largest absolute Gasteiger partial charge is 0.383 e. The summed E-state index contributed by atoms with van der Waals surface area (Å²) in [5, 5.41) is 14.3. The van der Waals surface area contributed by atoms with Gasteiger partial charge in [0.2, 0.25) is 5.91 Å². The van der Waals surface area contributed by atoms with E-state index in [0.29, 0.717) is 26.9 Å². The Hall–Kier alpha value is -1.62. The molecule has 0 aliphatic rings. The summed E-state index contributed by atoms with van der Waals surface area (Å²) >= 11 is 12.0. The number of nitrogens with one attached hydrogen (secondary N) is 1. The zero-order valence-electron chi connectivity index (χ0n) is 13.1. The van der Waals surface area contributed by atoms with Crippen LogP contribution < -0.4 is 5.32 Å². The number of hydrogen-bond donors (Lipinski definition) is 2. The van der Waals surface area contributed by atoms with Crippen LogP contribution in [0, 0.1) is 5.41 Å². The van der Waals surface area contributed by atoms with Crippen LogP contribution in [0.1, 0.15) is 38.0 Å². The molecule has 122 valence electrons. The number of carbonyl (C=O) groups is 1. The Bertz CT molecular complexity index is 727. The monoisotopic (exact) mass is 352 g/mol. The molecule has 1 aromatic carbocycles. The van der Waals surface area contributed by atoms with E-state index < -0.39 is 11.5 Å². The van der Waals surface area contributed by atoms with Crippen LogP contribution in [-0.4, -0.2) is 16.0 Å². The second-order valence-electron chi connectivity index (χ2n) is 6.24. The lowest BCUT2D eigenvalue weighted by molar-refractivity contribution is -0.123. The molecule has 23 heavy (non-hydrogen) atoms. The standard InChI is InChI=1S/C17H18Cl2N2O2/c1-17(2,3)16(23)21-14-6-7-20-9-12(14)15(22)11-5-4-10(18)8-13(11)19/h4-9,15,22H,1-3H3,(H,20,21,23). The zero-order valence-corrected chi connectivity index (χ0v) is 14.6. The van der Waals surface area contributed by atoms with Gasteiger partial charge in [-0.25, -0.2) is 0 Å². The molecular weight excluding hydrogens is 335 g/mol. The zero-order chi connectivity index (χ0) is 17.2. The quantitative estimate of drug-likeness (QED) is 0.857. The highest BCUT2D eigenvalue weighted by Gasteiger charge is 2.24. The molecule has 0 fully saturated rings. The summed E-state index contributed by atoms with van der Waals surface area (Å²) in [4.78, 5) is 16.2. The van der Waals surface area contributed by atoms with Crippen molar-refractivity contribution < 1.29 is 9.90 Å². The normalized spacial score (nSPS) is 12.8. The van der Waals surface area contributed by atoms with E-state index in [9.17, 15) is 9.90 Å². The van der Waals surface area contributed by atoms with Gasteiger partial charge in [-0.15, -0.1) is 0 Å². The van der Waals surface area contributed by atoms with Crippen LogP contribution in [0.2, 0.25) is 10.0 Å². The van der Waals surface area contributed by atoms with E-state index in [0.717, 1.165) is 0 Å². The molecule has 0 aliphatic carbocycles. The number of benzene rings is 1. The number of anilines is 1. The maximum absolute atomic E-state index is 12.2. The third kappa shape index (κ3) is 4.22. The molecule has 1 aromatic heterocycles. The molecule has 2 rings (SSSR count). The average Bonchev–Trinajstić information content (AvgIpc) is 2.46. The molecule has 0 radical (unpaired) electrons. The van der Waals surface area contributed by atoms with Crippen molar-refractivity contribution >= 4 is 34.8 Å². The molecule has 1 atom stereocenters. The van der Waals surface area contributed by atoms with Crippen molar-refractivity contribution in [2.75, 3.05) is 5.32 Å². The van der Waals surface area contributed by atoms with Crippen LogP contribution in [0.5, 0.6) is 0 Å². The molecule has 0 saturated heterocycles. The molecule has 0 spiro atoms. The Morgan fingerprint density at radius 3 is 2.52 bits per heavy atom. The molecule has 6 heteroatoms. The van der Waals surface area contributed by atoms with Gasteiger partial charge in [0.15, 0.2) is 0 Å². The SMILES string of the molecule is CC(C)(C)C(=O)Nc1ccncc1C(O)c1ccc(Cl)cc1Cl. The van der Waals surface area contributed by atoms with E-state index in [2.05, 4.69) is 10.3 Å². The first-order valence-electron chi connectivity index (χ1n) is 7.08. The number of pyridine rings is 1. The van der Waals surface area contributed by atoms with E-state index in [1.165, 1.54) is 6.20 Å². The highest BCUT2D eigenvalue weighted by atomic mass is 35.5. The number of aliphatic hydroxyl groups is 1. The molecule has 2 N–H and O–H groups in total. The second kappa shape index (κ2) is 6.87. The lowest BCUT2D eigenvalue weighted by Crippen LogP contribution is -2.28. The van der Waals surface area contributed by atoms with Crippen LogP contribution in [0.25, 0.3) is 0 Å². The molecule has 1 amide bonds. The number of nitrogens with zero attached hydrogens (tertiary/aromatic N) is 1. The predicted octanol–water partition coefficient (Wildman–Crippen LogP) is 4.45. The first-order chi connectivity index (χ1) is 10.7. The van der Waals surface area contributed by atoms with Gasteiger partial charge in [0, 0.05) is 44.7 Å². The Balaban J connectivity index is 2.38. The number of rotatable bonds is 3. The molecule has 0 bridgehead atoms. The van der Waals surface area contributed by atoms with Crippen LogP contribution >= 0.6 is 23.2 Å². The maximum atomic E-state index is 12.2. The number of hydrogen-bond acceptors (Lipinski definition) is 3. The minimum atomic E-state index is -1.02. The Kier molecular flexibility index (Phi) is 5.30. The first kappa shape index (κ1) is 17.7. The lowest BCUT2D eigenvalue weighted by Gasteiger charge is -2.21. The van der Waals surface area contributed by atoms with Gasteiger partial charge in [-0.05, 0) is 18.2 Å². The molecule has 0 saturated carbocycles. The van der Waals surface area contributed by atoms with E-state index in [1.807, 2.05) is 20.8 Å². The van der Waals surface area contributed by atoms with Crippen molar-refractivity contribution in [1.82, 2.24) is 4.98 Å². The van der Waals surface area contributed by atoms with Crippen molar-refractivity contribution in [2.45, 2.75) is 26.9 Å². The summed E-state index contributed by atoms with van der Waals surface area (Å²) < 4.78 is 0. The smallest absolute Gasteiger partial charge is 0.229 e. The van der Waals surface area contributed by atoms with Gasteiger partial charge in [0.1, 0.15) is 6.10 Å². The molecule has 1 unspecified atom stereocenters. The average molecular weight is 353 g/mol. The minimum Gasteiger partial charge on any atom is -0.383 e. The Morgan fingerprint density at radius 2 is 1.91 bits per heavy atom. The van der Waals surface area contributed by atoms with E-state index >= 15 is 0 Å². The highest BCUT2D eigenvalue weighted by Crippen LogP contribution is 2.33. The van der Waals surface area contributed by atoms with Crippen molar-refractivity contribution in [3.8, 4) is 0 Å². The van der Waals surface area contributed by atoms with Crippen LogP contribution in [0.15, 0.2) is 36.7 Å². The summed E-state index contributed by atoms with van der Waals surface area (Å²) in [6.45, 7) is 5.45. The van der Waals surface area contributed by atoms with Gasteiger partial charge in [-0.3, -0.25) is 9.78 Å². The van der Waals surface area contributed by atoms with Crippen molar-refractivity contribution in [2.24, 2.45) is 5.41 Å². The van der Waals surface area contributed by atoms with Crippen LogP contribution in [0.3, 0.4) is 0 Å². The number of halogens is 2. The number of amides is 1. The molecular formula is C17H18Cl2N2O2. The summed E-state index contributed by atoms with van der Waals surface area (Å²) in [7, 11) is 0. The lowest BCUT2D eigenvalue weighted by atomic mass is 9.95. The van der Waals surface area contributed by atoms with Gasteiger partial charge in [0.25, 0.3) is 0 Å². The number of carbonyl (C=O) groups excluding carboxylic acids is 1. The van der Waals surface area contributed by atoms with Crippen molar-refractivity contribution in [3.63, 3.8) is 0 Å². The fourth-order valence-corrected chi connectivity index (χ4v) is 2.45. The van der Waals surface area contributed by atoms with Gasteiger partial charge in [-0.1, -0.05) is 50.0 Å². The van der Waals surface area contributed by atoms with Gasteiger partial charge in [-0.2, -0.15) is 0 Å². The summed E-state index contributed by atoms with van der Waals surface area (Å²) in [5.74, 6) is -0.153. The molecule has 2 aromatic rings. The third-order valence-corrected chi connectivity index (χ3v) is 3.90. The summed E-state index contributed by atoms with van der Waals surface area (Å²) in [5.41, 5.74) is 0.909. The topological polar surface area (TPSA) is 62.2 Å². The first-order valence-corrected chi connectivity index (χ1v) is 7.84. The van der Waals surface area contributed by atoms with Gasteiger partial charge < -0.3 is 10.4 Å². The molecule has 4 nitrogen and oxygen atoms in total. The van der Waals surface area contributed by atoms with Gasteiger partial charge >= 0.3 is 0 Å². The minimum absolute atomic E-state index is 0.153. The Labute approximate surface area is 145 Å². The molecule has 1 heterocycles. The Morgan fingerprint density at radius 1 is 1.22 bits per heavy atom. The van der Waals surface area contributed by atoms with Gasteiger partial charge in [0.05, 0.1) is 0 Å². The van der Waals surface area contributed by atoms with Crippen molar-refractivity contribution in [1.29, 1.82) is 0 Å². The maximum Gasteiger partial charge on any atom is 0.229 e. The second-order valence-corrected chi connectivity index (χ2v) is 7.08. The van der Waals surface area contributed by atoms with Crippen LogP contribution in [-0.2, 0) is 4.79 Å².